The lowest BCUT2D eigenvalue weighted by Crippen LogP contribution is -2.25. The van der Waals surface area contributed by atoms with Crippen LogP contribution in [0.1, 0.15) is 24.0 Å². The van der Waals surface area contributed by atoms with Crippen LogP contribution in [-0.2, 0) is 19.3 Å². The van der Waals surface area contributed by atoms with Crippen LogP contribution in [0.3, 0.4) is 0 Å². The van der Waals surface area contributed by atoms with Crippen molar-refractivity contribution in [3.63, 3.8) is 0 Å². The van der Waals surface area contributed by atoms with Crippen LogP contribution in [0.25, 0.3) is 0 Å². The monoisotopic (exact) mass is 327 g/mol. The molecule has 0 saturated carbocycles. The lowest BCUT2D eigenvalue weighted by atomic mass is 10.1. The van der Waals surface area contributed by atoms with Crippen LogP contribution >= 0.6 is 0 Å². The summed E-state index contributed by atoms with van der Waals surface area (Å²) in [5.41, 5.74) is 2.89. The molecular formula is C16H25NO4S. The molecule has 0 unspecified atom stereocenters. The molecule has 1 saturated heterocycles. The van der Waals surface area contributed by atoms with Crippen molar-refractivity contribution >= 4 is 15.5 Å². The lowest BCUT2D eigenvalue weighted by molar-refractivity contribution is -0.0283. The number of rotatable bonds is 6. The van der Waals surface area contributed by atoms with Crippen molar-refractivity contribution < 1.29 is 17.9 Å². The second kappa shape index (κ2) is 7.44. The minimum atomic E-state index is -3.20. The number of sulfone groups is 1. The topological polar surface area (TPSA) is 64.6 Å². The molecule has 1 aromatic carbocycles. The number of aryl methyl sites for hydroxylation is 1. The van der Waals surface area contributed by atoms with Crippen LogP contribution in [0.15, 0.2) is 17.0 Å². The highest BCUT2D eigenvalue weighted by atomic mass is 32.2. The number of ether oxygens (including phenoxy) is 2. The third-order valence-electron chi connectivity index (χ3n) is 4.01. The van der Waals surface area contributed by atoms with E-state index in [1.807, 2.05) is 13.8 Å². The zero-order chi connectivity index (χ0) is 16.2. The Morgan fingerprint density at radius 3 is 2.59 bits per heavy atom. The lowest BCUT2D eigenvalue weighted by Gasteiger charge is -2.22. The molecule has 0 aliphatic carbocycles. The minimum absolute atomic E-state index is 0.278. The molecule has 0 amide bonds. The van der Waals surface area contributed by atoms with Gasteiger partial charge in [-0.15, -0.1) is 0 Å². The summed E-state index contributed by atoms with van der Waals surface area (Å²) in [4.78, 5) is 0.350. The highest BCUT2D eigenvalue weighted by Gasteiger charge is 2.14. The van der Waals surface area contributed by atoms with Gasteiger partial charge in [0.15, 0.2) is 9.84 Å². The first kappa shape index (κ1) is 17.2. The third kappa shape index (κ3) is 4.69. The van der Waals surface area contributed by atoms with E-state index in [1.165, 1.54) is 6.26 Å². The van der Waals surface area contributed by atoms with Crippen molar-refractivity contribution in [1.82, 2.24) is 0 Å². The molecule has 5 nitrogen and oxygen atoms in total. The Morgan fingerprint density at radius 2 is 1.95 bits per heavy atom. The predicted octanol–water partition coefficient (Wildman–Crippen LogP) is 2.31. The summed E-state index contributed by atoms with van der Waals surface area (Å²) < 4.78 is 34.5. The fraction of sp³-hybridized carbons (Fsp3) is 0.625. The van der Waals surface area contributed by atoms with Crippen LogP contribution in [-0.4, -0.2) is 47.1 Å². The Labute approximate surface area is 132 Å². The second-order valence-corrected chi connectivity index (χ2v) is 7.81. The molecule has 124 valence electrons. The SMILES string of the molecule is Cc1cc(S(C)(=O)=O)cc(NCCOC2CCOCC2)c1C. The average Bonchev–Trinajstić information content (AvgIpc) is 2.47. The van der Waals surface area contributed by atoms with Gasteiger partial charge in [-0.05, 0) is 49.9 Å². The van der Waals surface area contributed by atoms with E-state index in [9.17, 15) is 8.42 Å². The first-order chi connectivity index (χ1) is 10.4. The largest absolute Gasteiger partial charge is 0.382 e. The smallest absolute Gasteiger partial charge is 0.175 e. The van der Waals surface area contributed by atoms with Crippen molar-refractivity contribution in [3.05, 3.63) is 23.3 Å². The fourth-order valence-electron chi connectivity index (χ4n) is 2.48. The molecule has 1 aliphatic heterocycles. The molecule has 0 atom stereocenters. The first-order valence-electron chi connectivity index (χ1n) is 7.62. The molecule has 1 fully saturated rings. The van der Waals surface area contributed by atoms with Crippen molar-refractivity contribution in [2.75, 3.05) is 37.9 Å². The Hall–Kier alpha value is -1.11. The Balaban J connectivity index is 1.93. The van der Waals surface area contributed by atoms with Gasteiger partial charge in [-0.25, -0.2) is 8.42 Å². The molecule has 0 aromatic heterocycles. The van der Waals surface area contributed by atoms with Gasteiger partial charge in [0.2, 0.25) is 0 Å². The molecule has 1 heterocycles. The van der Waals surface area contributed by atoms with E-state index >= 15 is 0 Å². The molecule has 6 heteroatoms. The van der Waals surface area contributed by atoms with E-state index in [4.69, 9.17) is 9.47 Å². The van der Waals surface area contributed by atoms with Crippen LogP contribution in [0.2, 0.25) is 0 Å². The van der Waals surface area contributed by atoms with Gasteiger partial charge in [-0.3, -0.25) is 0 Å². The van der Waals surface area contributed by atoms with E-state index < -0.39 is 9.84 Å². The summed E-state index contributed by atoms with van der Waals surface area (Å²) in [6, 6.07) is 3.42. The van der Waals surface area contributed by atoms with Crippen LogP contribution in [0.4, 0.5) is 5.69 Å². The summed E-state index contributed by atoms with van der Waals surface area (Å²) >= 11 is 0. The minimum Gasteiger partial charge on any atom is -0.382 e. The highest BCUT2D eigenvalue weighted by molar-refractivity contribution is 7.90. The maximum absolute atomic E-state index is 11.7. The molecule has 1 N–H and O–H groups in total. The van der Waals surface area contributed by atoms with E-state index in [0.717, 1.165) is 42.9 Å². The number of nitrogens with one attached hydrogen (secondary N) is 1. The second-order valence-electron chi connectivity index (χ2n) is 5.79. The van der Waals surface area contributed by atoms with Crippen molar-refractivity contribution in [2.24, 2.45) is 0 Å². The van der Waals surface area contributed by atoms with Crippen LogP contribution in [0, 0.1) is 13.8 Å². The van der Waals surface area contributed by atoms with E-state index in [-0.39, 0.29) is 6.10 Å². The van der Waals surface area contributed by atoms with Crippen LogP contribution in [0.5, 0.6) is 0 Å². The van der Waals surface area contributed by atoms with Crippen molar-refractivity contribution in [1.29, 1.82) is 0 Å². The van der Waals surface area contributed by atoms with Crippen molar-refractivity contribution in [2.45, 2.75) is 37.7 Å². The Kier molecular flexibility index (Phi) is 5.83. The Morgan fingerprint density at radius 1 is 1.27 bits per heavy atom. The normalized spacial score (nSPS) is 16.7. The summed E-state index contributed by atoms with van der Waals surface area (Å²) in [6.45, 7) is 6.72. The fourth-order valence-corrected chi connectivity index (χ4v) is 3.20. The number of anilines is 1. The van der Waals surface area contributed by atoms with Crippen molar-refractivity contribution in [3.8, 4) is 0 Å². The van der Waals surface area contributed by atoms with Gasteiger partial charge >= 0.3 is 0 Å². The third-order valence-corrected chi connectivity index (χ3v) is 5.10. The van der Waals surface area contributed by atoms with Gasteiger partial charge in [0.1, 0.15) is 0 Å². The maximum atomic E-state index is 11.7. The van der Waals surface area contributed by atoms with Gasteiger partial charge in [0, 0.05) is 31.7 Å². The van der Waals surface area contributed by atoms with Gasteiger partial charge in [0.25, 0.3) is 0 Å². The molecule has 2 rings (SSSR count). The van der Waals surface area contributed by atoms with Gasteiger partial charge in [0.05, 0.1) is 17.6 Å². The highest BCUT2D eigenvalue weighted by Crippen LogP contribution is 2.24. The predicted molar refractivity (Wildman–Crippen MR) is 87.3 cm³/mol. The number of hydrogen-bond donors (Lipinski definition) is 1. The van der Waals surface area contributed by atoms with E-state index in [2.05, 4.69) is 5.32 Å². The molecule has 0 bridgehead atoms. The first-order valence-corrected chi connectivity index (χ1v) is 9.51. The summed E-state index contributed by atoms with van der Waals surface area (Å²) in [5, 5.41) is 3.29. The van der Waals surface area contributed by atoms with E-state index in [1.54, 1.807) is 12.1 Å². The molecule has 22 heavy (non-hydrogen) atoms. The molecule has 1 aliphatic rings. The Bertz CT molecular complexity index is 607. The van der Waals surface area contributed by atoms with Crippen LogP contribution < -0.4 is 5.32 Å². The molecule has 1 aromatic rings. The molecule has 0 spiro atoms. The summed E-state index contributed by atoms with van der Waals surface area (Å²) in [7, 11) is -3.20. The summed E-state index contributed by atoms with van der Waals surface area (Å²) in [5.74, 6) is 0. The number of benzene rings is 1. The summed E-state index contributed by atoms with van der Waals surface area (Å²) in [6.07, 6.45) is 3.40. The number of hydrogen-bond acceptors (Lipinski definition) is 5. The van der Waals surface area contributed by atoms with Gasteiger partial charge in [-0.2, -0.15) is 0 Å². The van der Waals surface area contributed by atoms with E-state index in [0.29, 0.717) is 18.0 Å². The van der Waals surface area contributed by atoms with Gasteiger partial charge in [-0.1, -0.05) is 0 Å². The maximum Gasteiger partial charge on any atom is 0.175 e. The zero-order valence-electron chi connectivity index (χ0n) is 13.5. The standard InChI is InChI=1S/C16H25NO4S/c1-12-10-15(22(3,18)19)11-16(13(12)2)17-6-9-21-14-4-7-20-8-5-14/h10-11,14,17H,4-9H2,1-3H3. The van der Waals surface area contributed by atoms with Gasteiger partial charge < -0.3 is 14.8 Å². The quantitative estimate of drug-likeness (QED) is 0.812. The average molecular weight is 327 g/mol. The zero-order valence-corrected chi connectivity index (χ0v) is 14.3. The molecule has 0 radical (unpaired) electrons. The molecular weight excluding hydrogens is 302 g/mol.